The van der Waals surface area contributed by atoms with Gasteiger partial charge in [-0.15, -0.1) is 4.73 Å². The SMILES string of the molecule is COC(=O)On1ccc(=O)[nH]c1=O. The quantitative estimate of drug-likeness (QED) is 0.552. The molecular formula is C6H6N2O5. The van der Waals surface area contributed by atoms with E-state index in [2.05, 4.69) is 9.57 Å². The molecule has 0 saturated carbocycles. The molecule has 1 heterocycles. The second-order valence-corrected chi connectivity index (χ2v) is 1.98. The van der Waals surface area contributed by atoms with Gasteiger partial charge < -0.3 is 4.74 Å². The van der Waals surface area contributed by atoms with Gasteiger partial charge in [-0.05, 0) is 0 Å². The van der Waals surface area contributed by atoms with Crippen LogP contribution in [0.15, 0.2) is 21.9 Å². The molecule has 0 fully saturated rings. The molecule has 13 heavy (non-hydrogen) atoms. The predicted octanol–water partition coefficient (Wildman–Crippen LogP) is -1.27. The third-order valence-electron chi connectivity index (χ3n) is 1.13. The number of hydrogen-bond donors (Lipinski definition) is 1. The summed E-state index contributed by atoms with van der Waals surface area (Å²) in [4.78, 5) is 38.2. The van der Waals surface area contributed by atoms with Crippen molar-refractivity contribution >= 4 is 6.16 Å². The lowest BCUT2D eigenvalue weighted by atomic mass is 10.7. The number of nitrogens with zero attached hydrogens (tertiary/aromatic N) is 1. The standard InChI is InChI=1S/C6H6N2O5/c1-12-6(11)13-8-3-2-4(9)7-5(8)10/h2-3H,1H3,(H,7,9,10). The fraction of sp³-hybridized carbons (Fsp3) is 0.167. The number of ether oxygens (including phenoxy) is 1. The molecule has 0 radical (unpaired) electrons. The van der Waals surface area contributed by atoms with E-state index < -0.39 is 17.4 Å². The molecule has 0 aromatic carbocycles. The molecule has 70 valence electrons. The molecule has 0 unspecified atom stereocenters. The number of aromatic amines is 1. The summed E-state index contributed by atoms with van der Waals surface area (Å²) in [6, 6.07) is 1.03. The lowest BCUT2D eigenvalue weighted by molar-refractivity contribution is 0.0592. The number of H-pyrrole nitrogens is 1. The van der Waals surface area contributed by atoms with Crippen molar-refractivity contribution < 1.29 is 14.4 Å². The maximum atomic E-state index is 10.9. The van der Waals surface area contributed by atoms with Crippen LogP contribution in [0.5, 0.6) is 0 Å². The van der Waals surface area contributed by atoms with E-state index in [-0.39, 0.29) is 0 Å². The molecule has 1 N–H and O–H groups in total. The van der Waals surface area contributed by atoms with Gasteiger partial charge in [0.1, 0.15) is 0 Å². The molecule has 1 aromatic heterocycles. The third-order valence-corrected chi connectivity index (χ3v) is 1.13. The van der Waals surface area contributed by atoms with Gasteiger partial charge in [0.25, 0.3) is 5.56 Å². The van der Waals surface area contributed by atoms with Crippen LogP contribution in [0.3, 0.4) is 0 Å². The van der Waals surface area contributed by atoms with Crippen molar-refractivity contribution in [2.24, 2.45) is 0 Å². The van der Waals surface area contributed by atoms with Crippen LogP contribution in [0.1, 0.15) is 0 Å². The highest BCUT2D eigenvalue weighted by atomic mass is 16.8. The maximum absolute atomic E-state index is 10.9. The Morgan fingerprint density at radius 1 is 1.54 bits per heavy atom. The lowest BCUT2D eigenvalue weighted by Gasteiger charge is -2.01. The molecule has 1 aromatic rings. The highest BCUT2D eigenvalue weighted by molar-refractivity contribution is 5.59. The largest absolute Gasteiger partial charge is 0.533 e. The van der Waals surface area contributed by atoms with Crippen molar-refractivity contribution in [3.63, 3.8) is 0 Å². The molecule has 0 atom stereocenters. The van der Waals surface area contributed by atoms with Crippen LogP contribution in [0.4, 0.5) is 4.79 Å². The van der Waals surface area contributed by atoms with Crippen LogP contribution in [0.25, 0.3) is 0 Å². The molecule has 0 amide bonds. The number of aromatic nitrogens is 2. The fourth-order valence-electron chi connectivity index (χ4n) is 0.595. The monoisotopic (exact) mass is 186 g/mol. The van der Waals surface area contributed by atoms with Gasteiger partial charge in [-0.3, -0.25) is 14.6 Å². The van der Waals surface area contributed by atoms with E-state index in [4.69, 9.17) is 0 Å². The van der Waals surface area contributed by atoms with E-state index in [9.17, 15) is 14.4 Å². The van der Waals surface area contributed by atoms with Gasteiger partial charge in [-0.2, -0.15) is 0 Å². The fourth-order valence-corrected chi connectivity index (χ4v) is 0.595. The molecule has 0 aliphatic carbocycles. The van der Waals surface area contributed by atoms with Crippen molar-refractivity contribution in [3.8, 4) is 0 Å². The Morgan fingerprint density at radius 2 is 2.23 bits per heavy atom. The summed E-state index contributed by atoms with van der Waals surface area (Å²) in [6.45, 7) is 0. The summed E-state index contributed by atoms with van der Waals surface area (Å²) in [6.07, 6.45) is -0.0351. The van der Waals surface area contributed by atoms with Crippen LogP contribution >= 0.6 is 0 Å². The molecule has 0 spiro atoms. The lowest BCUT2D eigenvalue weighted by Crippen LogP contribution is -2.35. The number of rotatable bonds is 1. The average Bonchev–Trinajstić information content (AvgIpc) is 2.09. The van der Waals surface area contributed by atoms with Gasteiger partial charge in [-0.1, -0.05) is 0 Å². The Hall–Kier alpha value is -2.05. The van der Waals surface area contributed by atoms with E-state index in [0.29, 0.717) is 4.73 Å². The summed E-state index contributed by atoms with van der Waals surface area (Å²) in [5.74, 6) is 0. The first-order chi connectivity index (χ1) is 6.13. The second kappa shape index (κ2) is 3.57. The topological polar surface area (TPSA) is 90.4 Å². The molecule has 0 aliphatic heterocycles. The molecule has 0 saturated heterocycles. The van der Waals surface area contributed by atoms with Gasteiger partial charge in [0.2, 0.25) is 0 Å². The number of hydrogen-bond acceptors (Lipinski definition) is 5. The average molecular weight is 186 g/mol. The normalized spacial score (nSPS) is 9.31. The summed E-state index contributed by atoms with van der Waals surface area (Å²) in [5.41, 5.74) is -1.42. The molecule has 0 bridgehead atoms. The van der Waals surface area contributed by atoms with Crippen LogP contribution < -0.4 is 16.1 Å². The Labute approximate surface area is 71.5 Å². The van der Waals surface area contributed by atoms with Crippen molar-refractivity contribution in [3.05, 3.63) is 33.1 Å². The van der Waals surface area contributed by atoms with E-state index >= 15 is 0 Å². The van der Waals surface area contributed by atoms with Crippen LogP contribution in [-0.4, -0.2) is 23.0 Å². The number of nitrogens with one attached hydrogen (secondary N) is 1. The summed E-state index contributed by atoms with van der Waals surface area (Å²) < 4.78 is 4.68. The predicted molar refractivity (Wildman–Crippen MR) is 40.3 cm³/mol. The molecule has 1 rings (SSSR count). The summed E-state index contributed by atoms with van der Waals surface area (Å²) >= 11 is 0. The highest BCUT2D eigenvalue weighted by Gasteiger charge is 2.03. The first-order valence-electron chi connectivity index (χ1n) is 3.22. The highest BCUT2D eigenvalue weighted by Crippen LogP contribution is 1.75. The molecule has 7 nitrogen and oxygen atoms in total. The first-order valence-corrected chi connectivity index (χ1v) is 3.22. The van der Waals surface area contributed by atoms with Gasteiger partial charge in [0.05, 0.1) is 13.3 Å². The maximum Gasteiger partial charge on any atom is 0.533 e. The summed E-state index contributed by atoms with van der Waals surface area (Å²) in [7, 11) is 1.10. The van der Waals surface area contributed by atoms with Crippen molar-refractivity contribution in [1.82, 2.24) is 9.71 Å². The number of methoxy groups -OCH3 is 1. The van der Waals surface area contributed by atoms with Gasteiger partial charge >= 0.3 is 11.8 Å². The zero-order valence-electron chi connectivity index (χ0n) is 6.64. The molecular weight excluding hydrogens is 180 g/mol. The van der Waals surface area contributed by atoms with Crippen LogP contribution in [0, 0.1) is 0 Å². The van der Waals surface area contributed by atoms with E-state index in [0.717, 1.165) is 19.4 Å². The van der Waals surface area contributed by atoms with Crippen molar-refractivity contribution in [2.75, 3.05) is 7.11 Å². The zero-order chi connectivity index (χ0) is 9.84. The minimum absolute atomic E-state index is 0.549. The summed E-state index contributed by atoms with van der Waals surface area (Å²) in [5, 5.41) is 0. The van der Waals surface area contributed by atoms with Gasteiger partial charge in [0.15, 0.2) is 0 Å². The van der Waals surface area contributed by atoms with E-state index in [1.165, 1.54) is 0 Å². The zero-order valence-corrected chi connectivity index (χ0v) is 6.64. The smallest absolute Gasteiger partial charge is 0.436 e. The Morgan fingerprint density at radius 3 is 2.77 bits per heavy atom. The van der Waals surface area contributed by atoms with Crippen molar-refractivity contribution in [1.29, 1.82) is 0 Å². The Kier molecular flexibility index (Phi) is 2.48. The van der Waals surface area contributed by atoms with Gasteiger partial charge in [-0.25, -0.2) is 9.59 Å². The van der Waals surface area contributed by atoms with E-state index in [1.54, 1.807) is 0 Å². The second-order valence-electron chi connectivity index (χ2n) is 1.98. The van der Waals surface area contributed by atoms with Crippen LogP contribution in [-0.2, 0) is 4.74 Å². The number of carbonyl (C=O) groups excluding carboxylic acids is 1. The minimum atomic E-state index is -1.05. The Bertz CT molecular complexity index is 418. The first kappa shape index (κ1) is 9.04. The van der Waals surface area contributed by atoms with Crippen LogP contribution in [0.2, 0.25) is 0 Å². The van der Waals surface area contributed by atoms with Crippen molar-refractivity contribution in [2.45, 2.75) is 0 Å². The Balaban J connectivity index is 2.97. The van der Waals surface area contributed by atoms with Gasteiger partial charge in [0, 0.05) is 6.07 Å². The van der Waals surface area contributed by atoms with E-state index in [1.807, 2.05) is 4.98 Å². The molecule has 0 aliphatic rings. The minimum Gasteiger partial charge on any atom is -0.436 e. The number of carbonyl (C=O) groups is 1. The molecule has 7 heteroatoms. The third kappa shape index (κ3) is 2.19.